The summed E-state index contributed by atoms with van der Waals surface area (Å²) in [7, 11) is 0. The number of benzene rings is 1. The molecule has 1 aromatic carbocycles. The maximum Gasteiger partial charge on any atom is 0.244 e. The van der Waals surface area contributed by atoms with Crippen molar-refractivity contribution in [3.05, 3.63) is 40.9 Å². The topological polar surface area (TPSA) is 29.1 Å². The van der Waals surface area contributed by atoms with E-state index in [2.05, 4.69) is 5.32 Å². The van der Waals surface area contributed by atoms with Gasteiger partial charge in [-0.25, -0.2) is 0 Å². The molecule has 0 bridgehead atoms. The molecule has 0 aromatic heterocycles. The minimum absolute atomic E-state index is 0.00994. The zero-order chi connectivity index (χ0) is 12.3. The highest BCUT2D eigenvalue weighted by molar-refractivity contribution is 6.32. The summed E-state index contributed by atoms with van der Waals surface area (Å²) in [6, 6.07) is 8.01. The number of carbonyl (C=O) groups excluding carboxylic acids is 1. The van der Waals surface area contributed by atoms with Crippen LogP contribution in [0.5, 0.6) is 0 Å². The van der Waals surface area contributed by atoms with Crippen LogP contribution in [0.4, 0.5) is 0 Å². The number of rotatable bonds is 4. The molecule has 1 saturated carbocycles. The molecule has 2 nitrogen and oxygen atoms in total. The van der Waals surface area contributed by atoms with E-state index in [1.54, 1.807) is 6.08 Å². The van der Waals surface area contributed by atoms with Gasteiger partial charge in [-0.1, -0.05) is 36.7 Å². The standard InChI is InChI=1S/C14H16ClNO/c1-2-10(9-14(17)16-11-7-8-11)12-5-3-4-6-13(12)15/h3-6,9,11H,2,7-8H2,1H3,(H,16,17). The number of hydrogen-bond donors (Lipinski definition) is 1. The van der Waals surface area contributed by atoms with Crippen molar-refractivity contribution in [2.24, 2.45) is 0 Å². The van der Waals surface area contributed by atoms with Gasteiger partial charge in [-0.15, -0.1) is 0 Å². The highest BCUT2D eigenvalue weighted by atomic mass is 35.5. The minimum Gasteiger partial charge on any atom is -0.350 e. The van der Waals surface area contributed by atoms with Crippen LogP contribution in [0.1, 0.15) is 31.7 Å². The van der Waals surface area contributed by atoms with Gasteiger partial charge in [0.05, 0.1) is 0 Å². The Hall–Kier alpha value is -1.28. The molecule has 1 aromatic rings. The van der Waals surface area contributed by atoms with Crippen LogP contribution in [0.2, 0.25) is 5.02 Å². The SMILES string of the molecule is CCC(=CC(=O)NC1CC1)c1ccccc1Cl. The Morgan fingerprint density at radius 1 is 1.47 bits per heavy atom. The molecule has 1 aliphatic rings. The molecular weight excluding hydrogens is 234 g/mol. The maximum absolute atomic E-state index is 11.7. The molecular formula is C14H16ClNO. The second-order valence-electron chi connectivity index (χ2n) is 4.29. The molecule has 1 fully saturated rings. The smallest absolute Gasteiger partial charge is 0.244 e. The van der Waals surface area contributed by atoms with Gasteiger partial charge in [-0.05, 0) is 36.5 Å². The number of halogens is 1. The van der Waals surface area contributed by atoms with Crippen LogP contribution in [-0.4, -0.2) is 11.9 Å². The largest absolute Gasteiger partial charge is 0.350 e. The summed E-state index contributed by atoms with van der Waals surface area (Å²) in [5.41, 5.74) is 1.93. The summed E-state index contributed by atoms with van der Waals surface area (Å²) >= 11 is 6.13. The van der Waals surface area contributed by atoms with E-state index in [1.807, 2.05) is 31.2 Å². The second-order valence-corrected chi connectivity index (χ2v) is 4.69. The van der Waals surface area contributed by atoms with Gasteiger partial charge in [0, 0.05) is 17.1 Å². The van der Waals surface area contributed by atoms with E-state index in [1.165, 1.54) is 0 Å². The lowest BCUT2D eigenvalue weighted by Crippen LogP contribution is -2.23. The zero-order valence-electron chi connectivity index (χ0n) is 9.87. The molecule has 0 spiro atoms. The fraction of sp³-hybridized carbons (Fsp3) is 0.357. The van der Waals surface area contributed by atoms with Gasteiger partial charge in [0.1, 0.15) is 0 Å². The number of hydrogen-bond acceptors (Lipinski definition) is 1. The minimum atomic E-state index is -0.00994. The Kier molecular flexibility index (Phi) is 3.85. The number of amides is 1. The lowest BCUT2D eigenvalue weighted by molar-refractivity contribution is -0.116. The third-order valence-electron chi connectivity index (χ3n) is 2.83. The van der Waals surface area contributed by atoms with E-state index < -0.39 is 0 Å². The normalized spacial score (nSPS) is 15.8. The lowest BCUT2D eigenvalue weighted by Gasteiger charge is -2.07. The Labute approximate surface area is 107 Å². The van der Waals surface area contributed by atoms with Crippen molar-refractivity contribution in [1.82, 2.24) is 5.32 Å². The van der Waals surface area contributed by atoms with E-state index in [9.17, 15) is 4.79 Å². The summed E-state index contributed by atoms with van der Waals surface area (Å²) in [5.74, 6) is -0.00994. The van der Waals surface area contributed by atoms with Crippen LogP contribution in [0.25, 0.3) is 5.57 Å². The Morgan fingerprint density at radius 3 is 2.76 bits per heavy atom. The fourth-order valence-electron chi connectivity index (χ4n) is 1.72. The van der Waals surface area contributed by atoms with Gasteiger partial charge in [-0.2, -0.15) is 0 Å². The molecule has 0 aliphatic heterocycles. The Bertz CT molecular complexity index is 449. The van der Waals surface area contributed by atoms with Gasteiger partial charge in [0.15, 0.2) is 0 Å². The molecule has 0 unspecified atom stereocenters. The highest BCUT2D eigenvalue weighted by Crippen LogP contribution is 2.26. The van der Waals surface area contributed by atoms with Crippen molar-refractivity contribution in [2.45, 2.75) is 32.2 Å². The van der Waals surface area contributed by atoms with Crippen LogP contribution in [0.3, 0.4) is 0 Å². The molecule has 1 N–H and O–H groups in total. The van der Waals surface area contributed by atoms with Crippen molar-refractivity contribution >= 4 is 23.1 Å². The molecule has 3 heteroatoms. The van der Waals surface area contributed by atoms with Gasteiger partial charge in [-0.3, -0.25) is 4.79 Å². The molecule has 90 valence electrons. The summed E-state index contributed by atoms with van der Waals surface area (Å²) in [6.07, 6.45) is 4.67. The summed E-state index contributed by atoms with van der Waals surface area (Å²) in [6.45, 7) is 2.03. The molecule has 0 radical (unpaired) electrons. The monoisotopic (exact) mass is 249 g/mol. The van der Waals surface area contributed by atoms with Crippen molar-refractivity contribution in [2.75, 3.05) is 0 Å². The average Bonchev–Trinajstić information content (AvgIpc) is 3.11. The van der Waals surface area contributed by atoms with E-state index in [0.717, 1.165) is 30.4 Å². The molecule has 1 aliphatic carbocycles. The van der Waals surface area contributed by atoms with Crippen molar-refractivity contribution < 1.29 is 4.79 Å². The summed E-state index contributed by atoms with van der Waals surface area (Å²) in [5, 5.41) is 3.64. The van der Waals surface area contributed by atoms with Crippen LogP contribution in [0, 0.1) is 0 Å². The van der Waals surface area contributed by atoms with Crippen LogP contribution in [-0.2, 0) is 4.79 Å². The lowest BCUT2D eigenvalue weighted by atomic mass is 10.0. The van der Waals surface area contributed by atoms with Gasteiger partial charge in [0.2, 0.25) is 5.91 Å². The third kappa shape index (κ3) is 3.34. The van der Waals surface area contributed by atoms with Gasteiger partial charge in [0.25, 0.3) is 0 Å². The number of carbonyl (C=O) groups is 1. The van der Waals surface area contributed by atoms with Gasteiger partial charge >= 0.3 is 0 Å². The van der Waals surface area contributed by atoms with E-state index >= 15 is 0 Å². The first kappa shape index (κ1) is 12.2. The van der Waals surface area contributed by atoms with E-state index in [4.69, 9.17) is 11.6 Å². The van der Waals surface area contributed by atoms with Crippen molar-refractivity contribution in [1.29, 1.82) is 0 Å². The molecule has 0 saturated heterocycles. The molecule has 0 atom stereocenters. The van der Waals surface area contributed by atoms with Crippen molar-refractivity contribution in [3.8, 4) is 0 Å². The average molecular weight is 250 g/mol. The number of nitrogens with one attached hydrogen (secondary N) is 1. The Balaban J connectivity index is 2.17. The first-order valence-corrected chi connectivity index (χ1v) is 6.34. The van der Waals surface area contributed by atoms with Crippen LogP contribution >= 0.6 is 11.6 Å². The van der Waals surface area contributed by atoms with Crippen LogP contribution in [0.15, 0.2) is 30.3 Å². The quantitative estimate of drug-likeness (QED) is 0.814. The third-order valence-corrected chi connectivity index (χ3v) is 3.16. The van der Waals surface area contributed by atoms with Crippen molar-refractivity contribution in [3.63, 3.8) is 0 Å². The highest BCUT2D eigenvalue weighted by Gasteiger charge is 2.22. The van der Waals surface area contributed by atoms with Crippen LogP contribution < -0.4 is 5.32 Å². The number of allylic oxidation sites excluding steroid dienone is 1. The second kappa shape index (κ2) is 5.37. The van der Waals surface area contributed by atoms with E-state index in [0.29, 0.717) is 11.1 Å². The molecule has 2 rings (SSSR count). The maximum atomic E-state index is 11.7. The van der Waals surface area contributed by atoms with E-state index in [-0.39, 0.29) is 5.91 Å². The molecule has 17 heavy (non-hydrogen) atoms. The predicted molar refractivity (Wildman–Crippen MR) is 70.9 cm³/mol. The van der Waals surface area contributed by atoms with Gasteiger partial charge < -0.3 is 5.32 Å². The first-order valence-electron chi connectivity index (χ1n) is 5.96. The Morgan fingerprint density at radius 2 is 2.18 bits per heavy atom. The zero-order valence-corrected chi connectivity index (χ0v) is 10.6. The summed E-state index contributed by atoms with van der Waals surface area (Å²) < 4.78 is 0. The molecule has 1 amide bonds. The molecule has 0 heterocycles. The predicted octanol–water partition coefficient (Wildman–Crippen LogP) is 3.41. The fourth-order valence-corrected chi connectivity index (χ4v) is 1.98. The first-order chi connectivity index (χ1) is 8.20. The summed E-state index contributed by atoms with van der Waals surface area (Å²) in [4.78, 5) is 11.7.